The summed E-state index contributed by atoms with van der Waals surface area (Å²) in [5.41, 5.74) is 1.36. The molecule has 1 saturated carbocycles. The van der Waals surface area contributed by atoms with Crippen molar-refractivity contribution in [1.29, 1.82) is 5.26 Å². The normalized spacial score (nSPS) is 20.3. The first kappa shape index (κ1) is 23.9. The van der Waals surface area contributed by atoms with Crippen molar-refractivity contribution in [3.63, 3.8) is 0 Å². The molecule has 0 radical (unpaired) electrons. The molecule has 9 heteroatoms. The molecule has 3 N–H and O–H groups in total. The number of guanidine groups is 1. The first-order valence-corrected chi connectivity index (χ1v) is 10.9. The Labute approximate surface area is 194 Å². The summed E-state index contributed by atoms with van der Waals surface area (Å²) in [5, 5.41) is 17.9. The van der Waals surface area contributed by atoms with Crippen LogP contribution >= 0.6 is 0 Å². The lowest BCUT2D eigenvalue weighted by Gasteiger charge is -2.41. The molecule has 1 heterocycles. The maximum atomic E-state index is 13.0. The highest BCUT2D eigenvalue weighted by Crippen LogP contribution is 2.39. The van der Waals surface area contributed by atoms with E-state index in [4.69, 9.17) is 14.7 Å². The fourth-order valence-electron chi connectivity index (χ4n) is 4.29. The molecule has 1 amide bonds. The third kappa shape index (κ3) is 5.71. The Kier molecular flexibility index (Phi) is 8.08. The van der Waals surface area contributed by atoms with Crippen LogP contribution in [-0.4, -0.2) is 50.7 Å². The predicted molar refractivity (Wildman–Crippen MR) is 125 cm³/mol. The maximum absolute atomic E-state index is 13.0. The van der Waals surface area contributed by atoms with Crippen molar-refractivity contribution in [3.05, 3.63) is 53.6 Å². The van der Waals surface area contributed by atoms with Crippen LogP contribution in [0.1, 0.15) is 41.6 Å². The van der Waals surface area contributed by atoms with Crippen molar-refractivity contribution in [2.75, 3.05) is 27.8 Å². The quantitative estimate of drug-likeness (QED) is 0.256. The number of aliphatic imine (C=N–C) groups is 1. The molecule has 1 aromatic heterocycles. The average molecular weight is 451 g/mol. The molecule has 1 aromatic carbocycles. The van der Waals surface area contributed by atoms with Crippen molar-refractivity contribution in [2.45, 2.75) is 37.1 Å². The van der Waals surface area contributed by atoms with Gasteiger partial charge in [0.2, 0.25) is 17.7 Å². The molecule has 9 nitrogen and oxygen atoms in total. The molecule has 2 aromatic rings. The Bertz CT molecular complexity index is 1010. The highest BCUT2D eigenvalue weighted by molar-refractivity contribution is 5.96. The minimum atomic E-state index is -0.240. The monoisotopic (exact) mass is 450 g/mol. The number of amides is 1. The minimum Gasteiger partial charge on any atom is -0.481 e. The molecule has 0 spiro atoms. The SMILES string of the molecule is CN=C(NC#N)NC1CCC(CNC(=O)c2ccc(OC)nc2OC)(c2ccccc2)CC1. The van der Waals surface area contributed by atoms with Crippen LogP contribution in [0.5, 0.6) is 11.8 Å². The summed E-state index contributed by atoms with van der Waals surface area (Å²) in [6.45, 7) is 0.489. The van der Waals surface area contributed by atoms with Crippen LogP contribution in [0.4, 0.5) is 0 Å². The third-order valence-electron chi connectivity index (χ3n) is 6.14. The van der Waals surface area contributed by atoms with E-state index >= 15 is 0 Å². The second kappa shape index (κ2) is 11.2. The van der Waals surface area contributed by atoms with E-state index in [1.807, 2.05) is 24.4 Å². The number of nitrogens with zero attached hydrogens (tertiary/aromatic N) is 3. The molecule has 0 aliphatic heterocycles. The number of nitrogens with one attached hydrogen (secondary N) is 3. The number of carbonyl (C=O) groups is 1. The van der Waals surface area contributed by atoms with Gasteiger partial charge in [-0.05, 0) is 37.3 Å². The van der Waals surface area contributed by atoms with Crippen molar-refractivity contribution < 1.29 is 14.3 Å². The Balaban J connectivity index is 1.74. The van der Waals surface area contributed by atoms with Gasteiger partial charge in [-0.3, -0.25) is 15.1 Å². The fourth-order valence-corrected chi connectivity index (χ4v) is 4.29. The van der Waals surface area contributed by atoms with Gasteiger partial charge in [-0.1, -0.05) is 30.3 Å². The van der Waals surface area contributed by atoms with Gasteiger partial charge < -0.3 is 20.1 Å². The number of pyridine rings is 1. The molecule has 0 unspecified atom stereocenters. The Hall–Kier alpha value is -3.80. The van der Waals surface area contributed by atoms with E-state index in [-0.39, 0.29) is 23.2 Å². The standard InChI is InChI=1S/C24H30N6O3/c1-26-23(28-16-25)29-18-11-13-24(14-12-18,17-7-5-4-6-8-17)15-27-21(31)19-9-10-20(32-2)30-22(19)33-3/h4-10,18H,11-15H2,1-3H3,(H,27,31)(H2,26,28,29). The molecule has 1 aliphatic rings. The summed E-state index contributed by atoms with van der Waals surface area (Å²) in [6.07, 6.45) is 5.40. The van der Waals surface area contributed by atoms with E-state index in [0.29, 0.717) is 23.9 Å². The molecule has 0 saturated heterocycles. The molecule has 0 atom stereocenters. The van der Waals surface area contributed by atoms with E-state index in [2.05, 4.69) is 38.1 Å². The van der Waals surface area contributed by atoms with Gasteiger partial charge >= 0.3 is 0 Å². The molecule has 1 aliphatic carbocycles. The summed E-state index contributed by atoms with van der Waals surface area (Å²) < 4.78 is 10.4. The molecule has 174 valence electrons. The molecule has 1 fully saturated rings. The van der Waals surface area contributed by atoms with Crippen LogP contribution in [0.15, 0.2) is 47.5 Å². The van der Waals surface area contributed by atoms with Gasteiger partial charge in [-0.25, -0.2) is 0 Å². The second-order valence-electron chi connectivity index (χ2n) is 7.97. The molecule has 33 heavy (non-hydrogen) atoms. The molecular weight excluding hydrogens is 420 g/mol. The lowest BCUT2D eigenvalue weighted by Crippen LogP contribution is -2.49. The third-order valence-corrected chi connectivity index (χ3v) is 6.14. The number of benzene rings is 1. The van der Waals surface area contributed by atoms with Crippen LogP contribution in [0.2, 0.25) is 0 Å². The van der Waals surface area contributed by atoms with Crippen molar-refractivity contribution in [2.24, 2.45) is 4.99 Å². The fraction of sp³-hybridized carbons (Fsp3) is 0.417. The van der Waals surface area contributed by atoms with E-state index in [9.17, 15) is 4.79 Å². The van der Waals surface area contributed by atoms with E-state index < -0.39 is 0 Å². The van der Waals surface area contributed by atoms with Crippen LogP contribution in [0.3, 0.4) is 0 Å². The second-order valence-corrected chi connectivity index (χ2v) is 7.97. The van der Waals surface area contributed by atoms with Gasteiger partial charge in [-0.15, -0.1) is 0 Å². The van der Waals surface area contributed by atoms with Gasteiger partial charge in [-0.2, -0.15) is 10.2 Å². The van der Waals surface area contributed by atoms with Crippen molar-refractivity contribution in [1.82, 2.24) is 20.9 Å². The number of carbonyl (C=O) groups excluding carboxylic acids is 1. The molecular formula is C24H30N6O3. The van der Waals surface area contributed by atoms with Gasteiger partial charge in [0.05, 0.1) is 14.2 Å². The van der Waals surface area contributed by atoms with Crippen molar-refractivity contribution >= 4 is 11.9 Å². The number of nitriles is 1. The summed E-state index contributed by atoms with van der Waals surface area (Å²) in [4.78, 5) is 21.3. The van der Waals surface area contributed by atoms with Gasteiger partial charge in [0.15, 0.2) is 6.19 Å². The maximum Gasteiger partial charge on any atom is 0.256 e. The highest BCUT2D eigenvalue weighted by Gasteiger charge is 2.37. The Morgan fingerprint density at radius 2 is 1.91 bits per heavy atom. The van der Waals surface area contributed by atoms with Crippen molar-refractivity contribution in [3.8, 4) is 18.0 Å². The first-order valence-electron chi connectivity index (χ1n) is 10.9. The predicted octanol–water partition coefficient (Wildman–Crippen LogP) is 2.36. The lowest BCUT2D eigenvalue weighted by molar-refractivity contribution is 0.0931. The average Bonchev–Trinajstić information content (AvgIpc) is 2.88. The number of rotatable bonds is 7. The summed E-state index contributed by atoms with van der Waals surface area (Å²) >= 11 is 0. The summed E-state index contributed by atoms with van der Waals surface area (Å²) in [5.74, 6) is 0.846. The van der Waals surface area contributed by atoms with Gasteiger partial charge in [0.25, 0.3) is 5.91 Å². The topological polar surface area (TPSA) is 121 Å². The smallest absolute Gasteiger partial charge is 0.256 e. The zero-order chi connectivity index (χ0) is 23.7. The largest absolute Gasteiger partial charge is 0.481 e. The summed E-state index contributed by atoms with van der Waals surface area (Å²) in [7, 11) is 4.64. The van der Waals surface area contributed by atoms with Crippen LogP contribution in [0.25, 0.3) is 0 Å². The number of ether oxygens (including phenoxy) is 2. The number of hydrogen-bond acceptors (Lipinski definition) is 6. The first-order chi connectivity index (χ1) is 16.0. The van der Waals surface area contributed by atoms with Crippen LogP contribution in [-0.2, 0) is 5.41 Å². The Morgan fingerprint density at radius 1 is 1.18 bits per heavy atom. The van der Waals surface area contributed by atoms with E-state index in [0.717, 1.165) is 25.7 Å². The highest BCUT2D eigenvalue weighted by atomic mass is 16.5. The molecule has 3 rings (SSSR count). The zero-order valence-electron chi connectivity index (χ0n) is 19.2. The summed E-state index contributed by atoms with van der Waals surface area (Å²) in [6, 6.07) is 13.8. The van der Waals surface area contributed by atoms with Crippen LogP contribution in [0, 0.1) is 11.5 Å². The van der Waals surface area contributed by atoms with E-state index in [1.54, 1.807) is 19.2 Å². The minimum absolute atomic E-state index is 0.197. The number of hydrogen-bond donors (Lipinski definition) is 3. The van der Waals surface area contributed by atoms with E-state index in [1.165, 1.54) is 19.8 Å². The van der Waals surface area contributed by atoms with Crippen LogP contribution < -0.4 is 25.4 Å². The lowest BCUT2D eigenvalue weighted by atomic mass is 9.68. The zero-order valence-corrected chi connectivity index (χ0v) is 19.2. The van der Waals surface area contributed by atoms with Gasteiger partial charge in [0, 0.05) is 31.1 Å². The number of aromatic nitrogens is 1. The van der Waals surface area contributed by atoms with Gasteiger partial charge in [0.1, 0.15) is 5.56 Å². The Morgan fingerprint density at radius 3 is 2.52 bits per heavy atom. The molecule has 0 bridgehead atoms. The number of methoxy groups -OCH3 is 2.